The Balaban J connectivity index is 1.85. The summed E-state index contributed by atoms with van der Waals surface area (Å²) < 4.78 is 66.1. The summed E-state index contributed by atoms with van der Waals surface area (Å²) in [4.78, 5) is 12.0. The monoisotopic (exact) mass is 380 g/mol. The van der Waals surface area contributed by atoms with E-state index in [0.717, 1.165) is 4.31 Å². The van der Waals surface area contributed by atoms with Gasteiger partial charge in [-0.1, -0.05) is 12.1 Å². The fraction of sp³-hybridized carbons (Fsp3) is 0.533. The molecule has 0 aliphatic carbocycles. The normalized spacial score (nSPS) is 20.4. The first kappa shape index (κ1) is 19.5. The molecule has 10 heteroatoms. The molecule has 0 saturated carbocycles. The number of nitrogens with zero attached hydrogens (tertiary/aromatic N) is 1. The van der Waals surface area contributed by atoms with Gasteiger partial charge in [-0.05, 0) is 30.5 Å². The number of hydrogen-bond donors (Lipinski definition) is 1. The molecule has 25 heavy (non-hydrogen) atoms. The summed E-state index contributed by atoms with van der Waals surface area (Å²) in [6.45, 7) is -0.892. The molecule has 1 unspecified atom stereocenters. The Labute approximate surface area is 144 Å². The van der Waals surface area contributed by atoms with Crippen molar-refractivity contribution in [2.75, 3.05) is 26.7 Å². The lowest BCUT2D eigenvalue weighted by atomic mass is 10.1. The number of carbonyl (C=O) groups is 1. The van der Waals surface area contributed by atoms with Gasteiger partial charge < -0.3 is 10.1 Å². The minimum absolute atomic E-state index is 0.0844. The fourth-order valence-corrected chi connectivity index (χ4v) is 4.01. The number of hydrogen-bond acceptors (Lipinski definition) is 4. The first-order chi connectivity index (χ1) is 11.6. The Bertz CT molecular complexity index is 722. The SMILES string of the molecule is CN1CCC(C(=O)NCCc2cccc(OCC(F)(F)F)c2)S1(=O)=O. The first-order valence-corrected chi connectivity index (χ1v) is 9.11. The first-order valence-electron chi connectivity index (χ1n) is 7.61. The Kier molecular flexibility index (Phi) is 5.94. The smallest absolute Gasteiger partial charge is 0.422 e. The molecule has 1 heterocycles. The maximum atomic E-state index is 12.1. The fourth-order valence-electron chi connectivity index (χ4n) is 2.46. The van der Waals surface area contributed by atoms with E-state index in [-0.39, 0.29) is 18.7 Å². The number of nitrogens with one attached hydrogen (secondary N) is 1. The van der Waals surface area contributed by atoms with Crippen LogP contribution in [0.5, 0.6) is 5.75 Å². The molecule has 1 aliphatic rings. The highest BCUT2D eigenvalue weighted by atomic mass is 32.2. The van der Waals surface area contributed by atoms with E-state index >= 15 is 0 Å². The van der Waals surface area contributed by atoms with Crippen molar-refractivity contribution in [2.24, 2.45) is 0 Å². The molecule has 6 nitrogen and oxygen atoms in total. The van der Waals surface area contributed by atoms with Crippen molar-refractivity contribution in [3.05, 3.63) is 29.8 Å². The van der Waals surface area contributed by atoms with Crippen LogP contribution in [0.25, 0.3) is 0 Å². The second kappa shape index (κ2) is 7.61. The van der Waals surface area contributed by atoms with E-state index in [1.165, 1.54) is 19.2 Å². The number of alkyl halides is 3. The second-order valence-corrected chi connectivity index (χ2v) is 7.96. The number of rotatable bonds is 6. The molecule has 1 fully saturated rings. The molecule has 140 valence electrons. The minimum atomic E-state index is -4.41. The molecule has 0 bridgehead atoms. The predicted molar refractivity (Wildman–Crippen MR) is 84.7 cm³/mol. The molecule has 1 amide bonds. The van der Waals surface area contributed by atoms with Gasteiger partial charge in [0.15, 0.2) is 11.9 Å². The molecule has 1 saturated heterocycles. The number of ether oxygens (including phenoxy) is 1. The molecule has 0 aromatic heterocycles. The van der Waals surface area contributed by atoms with Crippen molar-refractivity contribution >= 4 is 15.9 Å². The van der Waals surface area contributed by atoms with Crippen LogP contribution in [0.15, 0.2) is 24.3 Å². The third-order valence-electron chi connectivity index (χ3n) is 3.81. The van der Waals surface area contributed by atoms with Gasteiger partial charge in [0.1, 0.15) is 5.75 Å². The zero-order valence-electron chi connectivity index (χ0n) is 13.5. The molecule has 1 aliphatic heterocycles. The number of benzene rings is 1. The van der Waals surface area contributed by atoms with Crippen LogP contribution in [0.1, 0.15) is 12.0 Å². The van der Waals surface area contributed by atoms with E-state index in [2.05, 4.69) is 10.1 Å². The Morgan fingerprint density at radius 2 is 2.12 bits per heavy atom. The van der Waals surface area contributed by atoms with E-state index in [4.69, 9.17) is 0 Å². The van der Waals surface area contributed by atoms with Crippen molar-refractivity contribution in [3.8, 4) is 5.75 Å². The van der Waals surface area contributed by atoms with Crippen molar-refractivity contribution in [2.45, 2.75) is 24.3 Å². The van der Waals surface area contributed by atoms with Gasteiger partial charge in [-0.25, -0.2) is 12.7 Å². The maximum Gasteiger partial charge on any atom is 0.422 e. The van der Waals surface area contributed by atoms with Crippen LogP contribution < -0.4 is 10.1 Å². The van der Waals surface area contributed by atoms with Gasteiger partial charge >= 0.3 is 6.18 Å². The highest BCUT2D eigenvalue weighted by molar-refractivity contribution is 7.90. The quantitative estimate of drug-likeness (QED) is 0.808. The topological polar surface area (TPSA) is 75.7 Å². The summed E-state index contributed by atoms with van der Waals surface area (Å²) in [6.07, 6.45) is -3.83. The van der Waals surface area contributed by atoms with Crippen LogP contribution in [0.3, 0.4) is 0 Å². The Hall–Kier alpha value is -1.81. The lowest BCUT2D eigenvalue weighted by Crippen LogP contribution is -2.40. The molecule has 1 aromatic rings. The van der Waals surface area contributed by atoms with E-state index in [0.29, 0.717) is 18.5 Å². The van der Waals surface area contributed by atoms with Gasteiger partial charge in [-0.2, -0.15) is 13.2 Å². The third kappa shape index (κ3) is 5.33. The van der Waals surface area contributed by atoms with Crippen LogP contribution in [-0.4, -0.2) is 56.8 Å². The molecular formula is C15H19F3N2O4S. The van der Waals surface area contributed by atoms with Crippen LogP contribution in [0.4, 0.5) is 13.2 Å². The molecular weight excluding hydrogens is 361 g/mol. The Morgan fingerprint density at radius 1 is 1.40 bits per heavy atom. The van der Waals surface area contributed by atoms with Crippen LogP contribution >= 0.6 is 0 Å². The third-order valence-corrected chi connectivity index (χ3v) is 6.03. The van der Waals surface area contributed by atoms with Crippen molar-refractivity contribution in [1.82, 2.24) is 9.62 Å². The number of carbonyl (C=O) groups excluding carboxylic acids is 1. The zero-order valence-corrected chi connectivity index (χ0v) is 14.4. The van der Waals surface area contributed by atoms with Gasteiger partial charge in [-0.3, -0.25) is 4.79 Å². The summed E-state index contributed by atoms with van der Waals surface area (Å²) in [6, 6.07) is 6.11. The van der Waals surface area contributed by atoms with Gasteiger partial charge in [0.2, 0.25) is 15.9 Å². The van der Waals surface area contributed by atoms with E-state index in [1.54, 1.807) is 12.1 Å². The van der Waals surface area contributed by atoms with Crippen LogP contribution in [0.2, 0.25) is 0 Å². The molecule has 1 atom stereocenters. The van der Waals surface area contributed by atoms with E-state index < -0.39 is 34.0 Å². The summed E-state index contributed by atoms with van der Waals surface area (Å²) in [5, 5.41) is 1.48. The van der Waals surface area contributed by atoms with Crippen molar-refractivity contribution in [1.29, 1.82) is 0 Å². The minimum Gasteiger partial charge on any atom is -0.484 e. The van der Waals surface area contributed by atoms with Gasteiger partial charge in [0.25, 0.3) is 0 Å². The van der Waals surface area contributed by atoms with Crippen LogP contribution in [0, 0.1) is 0 Å². The van der Waals surface area contributed by atoms with Gasteiger partial charge in [0, 0.05) is 20.1 Å². The van der Waals surface area contributed by atoms with Gasteiger partial charge in [-0.15, -0.1) is 0 Å². The average molecular weight is 380 g/mol. The lowest BCUT2D eigenvalue weighted by molar-refractivity contribution is -0.153. The molecule has 0 spiro atoms. The highest BCUT2D eigenvalue weighted by Crippen LogP contribution is 2.21. The Morgan fingerprint density at radius 3 is 2.72 bits per heavy atom. The lowest BCUT2D eigenvalue weighted by Gasteiger charge is -2.13. The number of halogens is 3. The maximum absolute atomic E-state index is 12.1. The molecule has 1 aromatic carbocycles. The highest BCUT2D eigenvalue weighted by Gasteiger charge is 2.41. The van der Waals surface area contributed by atoms with Crippen LogP contribution in [-0.2, 0) is 21.2 Å². The largest absolute Gasteiger partial charge is 0.484 e. The van der Waals surface area contributed by atoms with Gasteiger partial charge in [0.05, 0.1) is 0 Å². The molecule has 1 N–H and O–H groups in total. The zero-order chi connectivity index (χ0) is 18.7. The second-order valence-electron chi connectivity index (χ2n) is 5.74. The predicted octanol–water partition coefficient (Wildman–Crippen LogP) is 1.32. The summed E-state index contributed by atoms with van der Waals surface area (Å²) >= 11 is 0. The summed E-state index contributed by atoms with van der Waals surface area (Å²) in [7, 11) is -2.17. The molecule has 0 radical (unpaired) electrons. The standard InChI is InChI=1S/C15H19F3N2O4S/c1-20-8-6-13(25(20,22)23)14(21)19-7-5-11-3-2-4-12(9-11)24-10-15(16,17)18/h2-4,9,13H,5-8,10H2,1H3,(H,19,21). The number of amides is 1. The average Bonchev–Trinajstić information content (AvgIpc) is 2.79. The van der Waals surface area contributed by atoms with Crippen molar-refractivity contribution < 1.29 is 31.1 Å². The van der Waals surface area contributed by atoms with E-state index in [1.807, 2.05) is 0 Å². The molecule has 2 rings (SSSR count). The van der Waals surface area contributed by atoms with Crippen molar-refractivity contribution in [3.63, 3.8) is 0 Å². The summed E-state index contributed by atoms with van der Waals surface area (Å²) in [5.41, 5.74) is 0.673. The summed E-state index contributed by atoms with van der Waals surface area (Å²) in [5.74, 6) is -0.477. The number of sulfonamides is 1. The van der Waals surface area contributed by atoms with E-state index in [9.17, 15) is 26.4 Å².